The fourth-order valence-corrected chi connectivity index (χ4v) is 1.25. The molecule has 4 nitrogen and oxygen atoms in total. The number of alkyl halides is 2. The number of rotatable bonds is 6. The van der Waals surface area contributed by atoms with E-state index >= 15 is 0 Å². The Labute approximate surface area is 104 Å². The van der Waals surface area contributed by atoms with Gasteiger partial charge in [0.15, 0.2) is 0 Å². The van der Waals surface area contributed by atoms with Crippen LogP contribution in [0.1, 0.15) is 12.0 Å². The number of anilines is 1. The minimum Gasteiger partial charge on any atom is -0.508 e. The van der Waals surface area contributed by atoms with E-state index < -0.39 is 13.0 Å². The number of hydrogen-bond donors (Lipinski definition) is 2. The molecule has 0 spiro atoms. The zero-order valence-electron chi connectivity index (χ0n) is 9.95. The summed E-state index contributed by atoms with van der Waals surface area (Å²) in [6, 6.07) is 4.73. The molecule has 0 aliphatic carbocycles. The summed E-state index contributed by atoms with van der Waals surface area (Å²) >= 11 is 0. The van der Waals surface area contributed by atoms with Crippen molar-refractivity contribution in [2.45, 2.75) is 19.8 Å². The molecule has 1 aromatic carbocycles. The molecule has 2 N–H and O–H groups in total. The molecule has 0 fully saturated rings. The van der Waals surface area contributed by atoms with Crippen LogP contribution in [0.25, 0.3) is 0 Å². The van der Waals surface area contributed by atoms with Gasteiger partial charge in [0.2, 0.25) is 5.91 Å². The van der Waals surface area contributed by atoms with Crippen molar-refractivity contribution in [3.05, 3.63) is 23.8 Å². The number of aryl methyl sites for hydroxylation is 1. The zero-order valence-corrected chi connectivity index (χ0v) is 9.95. The van der Waals surface area contributed by atoms with E-state index in [9.17, 15) is 18.7 Å². The fraction of sp³-hybridized carbons (Fsp3) is 0.417. The summed E-state index contributed by atoms with van der Waals surface area (Å²) < 4.78 is 28.1. The van der Waals surface area contributed by atoms with E-state index in [1.807, 2.05) is 0 Å². The highest BCUT2D eigenvalue weighted by Gasteiger charge is 2.06. The molecule has 0 atom stereocenters. The molecular weight excluding hydrogens is 244 g/mol. The van der Waals surface area contributed by atoms with E-state index in [0.29, 0.717) is 11.3 Å². The van der Waals surface area contributed by atoms with Crippen molar-refractivity contribution in [1.82, 2.24) is 0 Å². The van der Waals surface area contributed by atoms with Gasteiger partial charge in [-0.05, 0) is 18.6 Å². The lowest BCUT2D eigenvalue weighted by Gasteiger charge is -2.07. The highest BCUT2D eigenvalue weighted by atomic mass is 19.3. The molecule has 1 aromatic rings. The van der Waals surface area contributed by atoms with Crippen LogP contribution in [-0.4, -0.2) is 30.7 Å². The summed E-state index contributed by atoms with van der Waals surface area (Å²) in [5.74, 6) is -0.269. The number of nitrogens with one attached hydrogen (secondary N) is 1. The molecule has 0 aliphatic rings. The van der Waals surface area contributed by atoms with Gasteiger partial charge in [0.25, 0.3) is 6.43 Å². The van der Waals surface area contributed by atoms with E-state index in [1.165, 1.54) is 6.07 Å². The second kappa shape index (κ2) is 6.90. The number of benzene rings is 1. The third kappa shape index (κ3) is 5.09. The van der Waals surface area contributed by atoms with Crippen LogP contribution in [0.15, 0.2) is 18.2 Å². The molecule has 18 heavy (non-hydrogen) atoms. The Bertz CT molecular complexity index is 410. The standard InChI is InChI=1S/C12H15F2NO3/c1-8-2-3-9(6-10(8)16)15-12(17)4-5-18-7-11(13)14/h2-3,6,11,16H,4-5,7H2,1H3,(H,15,17). The molecule has 100 valence electrons. The van der Waals surface area contributed by atoms with Crippen LogP contribution in [0.5, 0.6) is 5.75 Å². The first kappa shape index (κ1) is 14.4. The maximum absolute atomic E-state index is 11.7. The first-order chi connectivity index (χ1) is 8.49. The van der Waals surface area contributed by atoms with Crippen LogP contribution in [0.3, 0.4) is 0 Å². The van der Waals surface area contributed by atoms with Gasteiger partial charge >= 0.3 is 0 Å². The van der Waals surface area contributed by atoms with Gasteiger partial charge in [-0.3, -0.25) is 4.79 Å². The topological polar surface area (TPSA) is 58.6 Å². The van der Waals surface area contributed by atoms with Gasteiger partial charge in [-0.15, -0.1) is 0 Å². The Balaban J connectivity index is 2.33. The highest BCUT2D eigenvalue weighted by molar-refractivity contribution is 5.91. The Hall–Kier alpha value is -1.69. The van der Waals surface area contributed by atoms with Crippen LogP contribution < -0.4 is 5.32 Å². The normalized spacial score (nSPS) is 10.7. The van der Waals surface area contributed by atoms with Gasteiger partial charge < -0.3 is 15.2 Å². The smallest absolute Gasteiger partial charge is 0.261 e. The van der Waals surface area contributed by atoms with Gasteiger partial charge in [-0.25, -0.2) is 8.78 Å². The SMILES string of the molecule is Cc1ccc(NC(=O)CCOCC(F)F)cc1O. The number of amides is 1. The van der Waals surface area contributed by atoms with Crippen molar-refractivity contribution in [2.24, 2.45) is 0 Å². The Morgan fingerprint density at radius 1 is 1.50 bits per heavy atom. The van der Waals surface area contributed by atoms with E-state index in [4.69, 9.17) is 0 Å². The van der Waals surface area contributed by atoms with Gasteiger partial charge in [0.1, 0.15) is 12.4 Å². The average molecular weight is 259 g/mol. The van der Waals surface area contributed by atoms with Gasteiger partial charge in [-0.2, -0.15) is 0 Å². The molecule has 0 unspecified atom stereocenters. The van der Waals surface area contributed by atoms with Crippen LogP contribution in [0, 0.1) is 6.92 Å². The highest BCUT2D eigenvalue weighted by Crippen LogP contribution is 2.20. The summed E-state index contributed by atoms with van der Waals surface area (Å²) in [5.41, 5.74) is 1.16. The molecule has 0 radical (unpaired) electrons. The number of aromatic hydroxyl groups is 1. The lowest BCUT2D eigenvalue weighted by molar-refractivity contribution is -0.117. The summed E-state index contributed by atoms with van der Waals surface area (Å²) in [4.78, 5) is 11.4. The largest absolute Gasteiger partial charge is 0.508 e. The van der Waals surface area contributed by atoms with Crippen molar-refractivity contribution >= 4 is 11.6 Å². The lowest BCUT2D eigenvalue weighted by atomic mass is 10.2. The third-order valence-corrected chi connectivity index (χ3v) is 2.21. The molecular formula is C12H15F2NO3. The second-order valence-corrected chi connectivity index (χ2v) is 3.77. The minimum atomic E-state index is -2.53. The molecule has 1 amide bonds. The van der Waals surface area contributed by atoms with Crippen LogP contribution >= 0.6 is 0 Å². The first-order valence-electron chi connectivity index (χ1n) is 5.44. The van der Waals surface area contributed by atoms with E-state index in [2.05, 4.69) is 10.1 Å². The third-order valence-electron chi connectivity index (χ3n) is 2.21. The van der Waals surface area contributed by atoms with Crippen molar-refractivity contribution in [1.29, 1.82) is 0 Å². The predicted octanol–water partition coefficient (Wildman–Crippen LogP) is 2.31. The Kier molecular flexibility index (Phi) is 5.51. The van der Waals surface area contributed by atoms with Crippen molar-refractivity contribution in [3.63, 3.8) is 0 Å². The molecule has 0 heterocycles. The summed E-state index contributed by atoms with van der Waals surface area (Å²) in [7, 11) is 0. The van der Waals surface area contributed by atoms with E-state index in [1.54, 1.807) is 19.1 Å². The van der Waals surface area contributed by atoms with Crippen LogP contribution in [-0.2, 0) is 9.53 Å². The van der Waals surface area contributed by atoms with Crippen LogP contribution in [0.4, 0.5) is 14.5 Å². The van der Waals surface area contributed by atoms with Crippen LogP contribution in [0.2, 0.25) is 0 Å². The number of carbonyl (C=O) groups is 1. The first-order valence-corrected chi connectivity index (χ1v) is 5.44. The Morgan fingerprint density at radius 2 is 2.22 bits per heavy atom. The Morgan fingerprint density at radius 3 is 2.83 bits per heavy atom. The quantitative estimate of drug-likeness (QED) is 0.771. The molecule has 0 saturated heterocycles. The van der Waals surface area contributed by atoms with Gasteiger partial charge in [-0.1, -0.05) is 6.07 Å². The van der Waals surface area contributed by atoms with Gasteiger partial charge in [0, 0.05) is 11.8 Å². The molecule has 0 aromatic heterocycles. The van der Waals surface area contributed by atoms with Crippen molar-refractivity contribution < 1.29 is 23.4 Å². The predicted molar refractivity (Wildman–Crippen MR) is 62.9 cm³/mol. The van der Waals surface area contributed by atoms with Crippen molar-refractivity contribution in [3.8, 4) is 5.75 Å². The number of phenols is 1. The zero-order chi connectivity index (χ0) is 13.5. The number of carbonyl (C=O) groups excluding carboxylic acids is 1. The number of ether oxygens (including phenoxy) is 1. The summed E-state index contributed by atoms with van der Waals surface area (Å²) in [5, 5.41) is 12.0. The number of phenolic OH excluding ortho intramolecular Hbond substituents is 1. The minimum absolute atomic E-state index is 0.0125. The molecule has 0 saturated carbocycles. The van der Waals surface area contributed by atoms with E-state index in [0.717, 1.165) is 0 Å². The molecule has 6 heteroatoms. The van der Waals surface area contributed by atoms with Gasteiger partial charge in [0.05, 0.1) is 13.0 Å². The maximum atomic E-state index is 11.7. The molecule has 0 bridgehead atoms. The number of hydrogen-bond acceptors (Lipinski definition) is 3. The average Bonchev–Trinajstić information content (AvgIpc) is 2.29. The molecule has 1 rings (SSSR count). The maximum Gasteiger partial charge on any atom is 0.261 e. The number of halogens is 2. The second-order valence-electron chi connectivity index (χ2n) is 3.77. The fourth-order valence-electron chi connectivity index (χ4n) is 1.25. The summed E-state index contributed by atoms with van der Waals surface area (Å²) in [6.07, 6.45) is -2.54. The monoisotopic (exact) mass is 259 g/mol. The van der Waals surface area contributed by atoms with Crippen molar-refractivity contribution in [2.75, 3.05) is 18.5 Å². The molecule has 0 aliphatic heterocycles. The lowest BCUT2D eigenvalue weighted by Crippen LogP contribution is -2.15. The van der Waals surface area contributed by atoms with E-state index in [-0.39, 0.29) is 24.7 Å². The summed E-state index contributed by atoms with van der Waals surface area (Å²) in [6.45, 7) is 1.01.